The van der Waals surface area contributed by atoms with E-state index >= 15 is 0 Å². The van der Waals surface area contributed by atoms with Gasteiger partial charge in [-0.2, -0.15) is 0 Å². The summed E-state index contributed by atoms with van der Waals surface area (Å²) in [6, 6.07) is 3.24. The predicted molar refractivity (Wildman–Crippen MR) is 126 cm³/mol. The van der Waals surface area contributed by atoms with Crippen LogP contribution in [0.3, 0.4) is 0 Å². The molecule has 11 heteroatoms. The molecule has 2 unspecified atom stereocenters. The number of hydrogen-bond acceptors (Lipinski definition) is 5. The molecule has 184 valence electrons. The Labute approximate surface area is 199 Å². The minimum Gasteiger partial charge on any atom is -0.480 e. The Kier molecular flexibility index (Phi) is 6.43. The molecule has 1 aliphatic heterocycles. The quantitative estimate of drug-likeness (QED) is 0.428. The van der Waals surface area contributed by atoms with Crippen molar-refractivity contribution in [2.75, 3.05) is 17.9 Å². The van der Waals surface area contributed by atoms with Crippen molar-refractivity contribution in [2.24, 2.45) is 0 Å². The predicted octanol–water partition coefficient (Wildman–Crippen LogP) is 3.16. The van der Waals surface area contributed by atoms with Crippen LogP contribution < -0.4 is 4.31 Å². The topological polar surface area (TPSA) is 132 Å². The van der Waals surface area contributed by atoms with Crippen molar-refractivity contribution in [3.63, 3.8) is 0 Å². The number of carboxylic acids is 1. The van der Waals surface area contributed by atoms with Crippen molar-refractivity contribution in [3.05, 3.63) is 29.5 Å². The molecule has 1 saturated heterocycles. The molecule has 2 atom stereocenters. The molecule has 0 bridgehead atoms. The number of anilines is 1. The van der Waals surface area contributed by atoms with E-state index < -0.39 is 34.8 Å². The zero-order valence-electron chi connectivity index (χ0n) is 19.4. The van der Waals surface area contributed by atoms with E-state index in [1.807, 2.05) is 0 Å². The molecule has 0 spiro atoms. The van der Waals surface area contributed by atoms with Crippen molar-refractivity contribution >= 4 is 45.8 Å². The van der Waals surface area contributed by atoms with E-state index in [-0.39, 0.29) is 31.0 Å². The largest absolute Gasteiger partial charge is 0.480 e. The highest BCUT2D eigenvalue weighted by molar-refractivity contribution is 7.80. The summed E-state index contributed by atoms with van der Waals surface area (Å²) in [6.07, 6.45) is 3.98. The average Bonchev–Trinajstić information content (AvgIpc) is 3.22. The molecule has 1 fully saturated rings. The number of nitrogens with zero attached hydrogens (tertiary/aromatic N) is 3. The van der Waals surface area contributed by atoms with Gasteiger partial charge in [0, 0.05) is 37.0 Å². The molecule has 2 aliphatic rings. The first-order chi connectivity index (χ1) is 16.0. The summed E-state index contributed by atoms with van der Waals surface area (Å²) in [6.45, 7) is 3.31. The number of carboxylic acid groups (broad SMARTS) is 1. The van der Waals surface area contributed by atoms with Gasteiger partial charge in [0.15, 0.2) is 0 Å². The smallest absolute Gasteiger partial charge is 0.327 e. The summed E-state index contributed by atoms with van der Waals surface area (Å²) in [5, 5.41) is 10.8. The van der Waals surface area contributed by atoms with Crippen molar-refractivity contribution in [1.82, 2.24) is 9.80 Å². The van der Waals surface area contributed by atoms with Crippen LogP contribution in [0.1, 0.15) is 50.9 Å². The highest BCUT2D eigenvalue weighted by atomic mass is 32.2. The van der Waals surface area contributed by atoms with E-state index in [0.717, 1.165) is 51.6 Å². The van der Waals surface area contributed by atoms with Crippen LogP contribution in [0.4, 0.5) is 10.5 Å². The zero-order valence-corrected chi connectivity index (χ0v) is 20.3. The summed E-state index contributed by atoms with van der Waals surface area (Å²) in [7, 11) is 1.54. The lowest BCUT2D eigenvalue weighted by atomic mass is 9.96. The number of aryl methyl sites for hydroxylation is 2. The lowest BCUT2D eigenvalue weighted by molar-refractivity contribution is -0.138. The standard InChI is InChI=1S/C23H29N3O7S/c1-23(2)21(29)25(22(30)24(23)3)12-6-8-17(20(27)28)26(34(31)32)14-10-11-16-15-7-4-5-9-18(15)33-19(16)13-14/h10-11,13,17H,4-9,12H2,1-3H3,(H,27,28)(H,31,32). The van der Waals surface area contributed by atoms with Gasteiger partial charge in [-0.25, -0.2) is 13.8 Å². The highest BCUT2D eigenvalue weighted by Crippen LogP contribution is 2.35. The van der Waals surface area contributed by atoms with Gasteiger partial charge in [-0.05, 0) is 58.1 Å². The number of carbonyl (C=O) groups is 3. The van der Waals surface area contributed by atoms with Crippen LogP contribution in [0.15, 0.2) is 22.6 Å². The summed E-state index contributed by atoms with van der Waals surface area (Å²) in [4.78, 5) is 39.5. The number of amides is 3. The molecule has 4 rings (SSSR count). The molecule has 1 aromatic carbocycles. The monoisotopic (exact) mass is 491 g/mol. The zero-order chi connectivity index (χ0) is 24.8. The summed E-state index contributed by atoms with van der Waals surface area (Å²) >= 11 is -2.62. The average molecular weight is 492 g/mol. The lowest BCUT2D eigenvalue weighted by Crippen LogP contribution is -2.43. The number of hydrogen-bond donors (Lipinski definition) is 2. The van der Waals surface area contributed by atoms with Gasteiger partial charge in [-0.3, -0.25) is 18.6 Å². The number of imide groups is 1. The van der Waals surface area contributed by atoms with E-state index in [9.17, 15) is 28.3 Å². The number of benzene rings is 1. The van der Waals surface area contributed by atoms with Gasteiger partial charge < -0.3 is 14.4 Å². The Morgan fingerprint density at radius 1 is 1.26 bits per heavy atom. The van der Waals surface area contributed by atoms with Gasteiger partial charge in [-0.1, -0.05) is 0 Å². The first kappa shape index (κ1) is 24.2. The third kappa shape index (κ3) is 4.07. The van der Waals surface area contributed by atoms with Gasteiger partial charge in [0.05, 0.1) is 5.69 Å². The Bertz CT molecular complexity index is 1170. The van der Waals surface area contributed by atoms with Crippen LogP contribution in [0.2, 0.25) is 0 Å². The third-order valence-electron chi connectivity index (χ3n) is 6.92. The van der Waals surface area contributed by atoms with E-state index in [2.05, 4.69) is 0 Å². The minimum absolute atomic E-state index is 0.0189. The number of furan rings is 1. The first-order valence-corrected chi connectivity index (χ1v) is 12.4. The molecule has 10 nitrogen and oxygen atoms in total. The molecular formula is C23H29N3O7S. The molecule has 2 aromatic rings. The van der Waals surface area contributed by atoms with E-state index in [4.69, 9.17) is 4.42 Å². The molecule has 1 aromatic heterocycles. The Morgan fingerprint density at radius 2 is 1.97 bits per heavy atom. The second-order valence-corrected chi connectivity index (χ2v) is 10.2. The number of carbonyl (C=O) groups excluding carboxylic acids is 2. The number of likely N-dealkylation sites (N-methyl/N-ethyl adjacent to an activating group) is 1. The molecule has 2 N–H and O–H groups in total. The molecular weight excluding hydrogens is 462 g/mol. The van der Waals surface area contributed by atoms with Crippen LogP contribution in [0.25, 0.3) is 11.0 Å². The molecule has 2 heterocycles. The maximum absolute atomic E-state index is 12.6. The van der Waals surface area contributed by atoms with Crippen molar-refractivity contribution < 1.29 is 32.7 Å². The van der Waals surface area contributed by atoms with Gasteiger partial charge in [0.1, 0.15) is 22.9 Å². The van der Waals surface area contributed by atoms with E-state index in [1.165, 1.54) is 4.90 Å². The summed E-state index contributed by atoms with van der Waals surface area (Å²) in [5.41, 5.74) is 0.982. The number of rotatable bonds is 8. The van der Waals surface area contributed by atoms with Gasteiger partial charge >= 0.3 is 12.0 Å². The Hall–Kier alpha value is -2.92. The van der Waals surface area contributed by atoms with Crippen LogP contribution in [0.5, 0.6) is 0 Å². The summed E-state index contributed by atoms with van der Waals surface area (Å²) in [5.74, 6) is -0.725. The fourth-order valence-electron chi connectivity index (χ4n) is 4.73. The molecule has 34 heavy (non-hydrogen) atoms. The lowest BCUT2D eigenvalue weighted by Gasteiger charge is -2.27. The van der Waals surface area contributed by atoms with E-state index in [1.54, 1.807) is 39.1 Å². The normalized spacial score (nSPS) is 19.4. The maximum atomic E-state index is 12.6. The van der Waals surface area contributed by atoms with Crippen molar-refractivity contribution in [1.29, 1.82) is 0 Å². The van der Waals surface area contributed by atoms with E-state index in [0.29, 0.717) is 5.58 Å². The van der Waals surface area contributed by atoms with Crippen LogP contribution >= 0.6 is 0 Å². The fourth-order valence-corrected chi connectivity index (χ4v) is 5.44. The van der Waals surface area contributed by atoms with Gasteiger partial charge in [0.25, 0.3) is 17.2 Å². The van der Waals surface area contributed by atoms with Crippen molar-refractivity contribution in [3.8, 4) is 0 Å². The molecule has 3 amide bonds. The third-order valence-corrected chi connectivity index (χ3v) is 7.72. The van der Waals surface area contributed by atoms with Crippen LogP contribution in [-0.4, -0.2) is 66.7 Å². The molecule has 0 saturated carbocycles. The number of fused-ring (bicyclic) bond motifs is 3. The fraction of sp³-hybridized carbons (Fsp3) is 0.522. The Morgan fingerprint density at radius 3 is 2.59 bits per heavy atom. The van der Waals surface area contributed by atoms with Gasteiger partial charge in [0.2, 0.25) is 0 Å². The molecule has 0 radical (unpaired) electrons. The number of aliphatic carboxylic acids is 1. The van der Waals surface area contributed by atoms with Crippen LogP contribution in [0, 0.1) is 0 Å². The maximum Gasteiger partial charge on any atom is 0.327 e. The minimum atomic E-state index is -2.62. The molecule has 1 aliphatic carbocycles. The first-order valence-electron chi connectivity index (χ1n) is 11.3. The highest BCUT2D eigenvalue weighted by Gasteiger charge is 2.49. The Balaban J connectivity index is 1.54. The van der Waals surface area contributed by atoms with Crippen LogP contribution in [-0.2, 0) is 33.7 Å². The number of urea groups is 1. The van der Waals surface area contributed by atoms with Gasteiger partial charge in [-0.15, -0.1) is 0 Å². The second kappa shape index (κ2) is 9.03. The SMILES string of the molecule is CN1C(=O)N(CCCC(C(=O)O)N(c2ccc3c4c(oc3c2)CCCC4)S(=O)O)C(=O)C1(C)C. The summed E-state index contributed by atoms with van der Waals surface area (Å²) < 4.78 is 29.1. The second-order valence-electron chi connectivity index (χ2n) is 9.30. The van der Waals surface area contributed by atoms with Crippen molar-refractivity contribution in [2.45, 2.75) is 64.0 Å².